The van der Waals surface area contributed by atoms with Crippen LogP contribution in [0.1, 0.15) is 37.0 Å². The average Bonchev–Trinajstić information content (AvgIpc) is 3.37. The molecule has 0 heterocycles. The van der Waals surface area contributed by atoms with E-state index in [-0.39, 0.29) is 17.9 Å². The minimum absolute atomic E-state index is 0.204. The van der Waals surface area contributed by atoms with Crippen molar-refractivity contribution in [3.63, 3.8) is 0 Å². The van der Waals surface area contributed by atoms with Crippen LogP contribution in [0.4, 0.5) is 5.69 Å². The third kappa shape index (κ3) is 3.11. The number of carbonyl (C=O) groups excluding carboxylic acids is 2. The molecule has 2 atom stereocenters. The fraction of sp³-hybridized carbons (Fsp3) is 0.471. The van der Waals surface area contributed by atoms with Crippen LogP contribution < -0.4 is 10.6 Å². The second-order valence-electron chi connectivity index (χ2n) is 7.05. The van der Waals surface area contributed by atoms with Gasteiger partial charge in [-0.25, -0.2) is 0 Å². The molecule has 1 aromatic carbocycles. The topological polar surface area (TPSA) is 95.5 Å². The zero-order valence-electron chi connectivity index (χ0n) is 13.4. The summed E-state index contributed by atoms with van der Waals surface area (Å²) >= 11 is 6.07. The maximum atomic E-state index is 12.4. The van der Waals surface area contributed by atoms with Gasteiger partial charge in [-0.05, 0) is 36.5 Å². The van der Waals surface area contributed by atoms with Crippen molar-refractivity contribution < 1.29 is 19.5 Å². The summed E-state index contributed by atoms with van der Waals surface area (Å²) in [7, 11) is 0. The molecular weight excluding hydrogens is 332 g/mol. The van der Waals surface area contributed by atoms with Gasteiger partial charge in [0.05, 0.1) is 22.4 Å². The highest BCUT2D eigenvalue weighted by Crippen LogP contribution is 2.58. The first-order valence-electron chi connectivity index (χ1n) is 7.86. The van der Waals surface area contributed by atoms with Gasteiger partial charge in [0.15, 0.2) is 0 Å². The quantitative estimate of drug-likeness (QED) is 0.760. The van der Waals surface area contributed by atoms with Crippen LogP contribution in [0.25, 0.3) is 0 Å². The third-order valence-electron chi connectivity index (χ3n) is 4.77. The Bertz CT molecular complexity index is 727. The van der Waals surface area contributed by atoms with Gasteiger partial charge in [0.2, 0.25) is 5.91 Å². The summed E-state index contributed by atoms with van der Waals surface area (Å²) in [5.41, 5.74) is 0.150. The molecule has 6 nitrogen and oxygen atoms in total. The number of benzene rings is 1. The summed E-state index contributed by atoms with van der Waals surface area (Å²) in [6.45, 7) is 3.51. The third-order valence-corrected chi connectivity index (χ3v) is 5.10. The molecule has 24 heavy (non-hydrogen) atoms. The molecule has 7 heteroatoms. The van der Waals surface area contributed by atoms with Crippen LogP contribution >= 0.6 is 11.6 Å². The van der Waals surface area contributed by atoms with E-state index in [0.29, 0.717) is 16.3 Å². The first-order chi connectivity index (χ1) is 11.2. The largest absolute Gasteiger partial charge is 0.481 e. The minimum Gasteiger partial charge on any atom is -0.481 e. The fourth-order valence-electron chi connectivity index (χ4n) is 3.08. The lowest BCUT2D eigenvalue weighted by atomic mass is 10.1. The Morgan fingerprint density at radius 3 is 2.42 bits per heavy atom. The van der Waals surface area contributed by atoms with Crippen molar-refractivity contribution in [3.05, 3.63) is 28.8 Å². The molecule has 2 aliphatic rings. The summed E-state index contributed by atoms with van der Waals surface area (Å²) in [6.07, 6.45) is 1.93. The van der Waals surface area contributed by atoms with Crippen LogP contribution in [-0.2, 0) is 9.59 Å². The molecule has 0 bridgehead atoms. The van der Waals surface area contributed by atoms with Crippen LogP contribution in [0.15, 0.2) is 18.2 Å². The molecule has 1 aromatic rings. The van der Waals surface area contributed by atoms with Crippen molar-refractivity contribution >= 4 is 35.1 Å². The molecule has 128 valence electrons. The van der Waals surface area contributed by atoms with E-state index in [1.165, 1.54) is 6.07 Å². The monoisotopic (exact) mass is 350 g/mol. The van der Waals surface area contributed by atoms with Gasteiger partial charge < -0.3 is 15.7 Å². The number of nitrogens with one attached hydrogen (secondary N) is 2. The van der Waals surface area contributed by atoms with Gasteiger partial charge in [0.25, 0.3) is 5.91 Å². The molecule has 0 aromatic heterocycles. The van der Waals surface area contributed by atoms with Crippen LogP contribution in [0.2, 0.25) is 5.02 Å². The summed E-state index contributed by atoms with van der Waals surface area (Å²) in [4.78, 5) is 35.7. The molecule has 2 fully saturated rings. The van der Waals surface area contributed by atoms with Crippen molar-refractivity contribution in [2.45, 2.75) is 32.7 Å². The van der Waals surface area contributed by atoms with E-state index in [9.17, 15) is 14.4 Å². The number of halogens is 1. The summed E-state index contributed by atoms with van der Waals surface area (Å²) in [5.74, 6) is -2.88. The first kappa shape index (κ1) is 16.8. The zero-order chi connectivity index (χ0) is 17.6. The molecule has 0 spiro atoms. The summed E-state index contributed by atoms with van der Waals surface area (Å²) < 4.78 is 0. The second kappa shape index (κ2) is 5.77. The molecule has 0 unspecified atom stereocenters. The Labute approximate surface area is 144 Å². The van der Waals surface area contributed by atoms with E-state index >= 15 is 0 Å². The summed E-state index contributed by atoms with van der Waals surface area (Å²) in [5, 5.41) is 15.0. The van der Waals surface area contributed by atoms with Gasteiger partial charge in [0.1, 0.15) is 0 Å². The van der Waals surface area contributed by atoms with E-state index in [1.807, 2.05) is 0 Å². The van der Waals surface area contributed by atoms with Gasteiger partial charge in [-0.15, -0.1) is 0 Å². The highest BCUT2D eigenvalue weighted by atomic mass is 35.5. The Morgan fingerprint density at radius 1 is 1.21 bits per heavy atom. The maximum Gasteiger partial charge on any atom is 0.307 e. The fourth-order valence-corrected chi connectivity index (χ4v) is 3.28. The Kier molecular flexibility index (Phi) is 4.03. The molecule has 0 radical (unpaired) electrons. The van der Waals surface area contributed by atoms with Gasteiger partial charge in [0, 0.05) is 11.7 Å². The first-order valence-corrected chi connectivity index (χ1v) is 8.23. The predicted octanol–water partition coefficient (Wildman–Crippen LogP) is 2.53. The number of hydrogen-bond donors (Lipinski definition) is 3. The number of amides is 2. The molecular formula is C17H19ClN2O4. The second-order valence-corrected chi connectivity index (χ2v) is 7.45. The Hall–Kier alpha value is -2.08. The van der Waals surface area contributed by atoms with Crippen LogP contribution in [-0.4, -0.2) is 28.9 Å². The van der Waals surface area contributed by atoms with E-state index in [1.54, 1.807) is 26.0 Å². The maximum absolute atomic E-state index is 12.4. The number of anilines is 1. The van der Waals surface area contributed by atoms with E-state index in [2.05, 4.69) is 10.6 Å². The smallest absolute Gasteiger partial charge is 0.307 e. The van der Waals surface area contributed by atoms with Crippen molar-refractivity contribution in [2.24, 2.45) is 17.3 Å². The predicted molar refractivity (Wildman–Crippen MR) is 89.0 cm³/mol. The van der Waals surface area contributed by atoms with Crippen molar-refractivity contribution in [1.29, 1.82) is 0 Å². The number of aliphatic carboxylic acids is 1. The highest BCUT2D eigenvalue weighted by Gasteiger charge is 2.65. The Balaban J connectivity index is 1.72. The average molecular weight is 351 g/mol. The lowest BCUT2D eigenvalue weighted by Gasteiger charge is -2.10. The van der Waals surface area contributed by atoms with Gasteiger partial charge in [-0.3, -0.25) is 14.4 Å². The molecule has 3 rings (SSSR count). The lowest BCUT2D eigenvalue weighted by Crippen LogP contribution is -2.26. The van der Waals surface area contributed by atoms with Gasteiger partial charge >= 0.3 is 5.97 Å². The molecule has 0 saturated heterocycles. The van der Waals surface area contributed by atoms with Gasteiger partial charge in [-0.1, -0.05) is 25.4 Å². The van der Waals surface area contributed by atoms with Crippen molar-refractivity contribution in [3.8, 4) is 0 Å². The number of hydrogen-bond acceptors (Lipinski definition) is 3. The lowest BCUT2D eigenvalue weighted by molar-refractivity contribution is -0.140. The SMILES string of the molecule is CC1(C)[C@@H](C(=O)O)[C@@H]1C(=O)Nc1ccc(Cl)c(C(=O)NC2CC2)c1. The molecule has 3 N–H and O–H groups in total. The number of carboxylic acid groups (broad SMARTS) is 1. The summed E-state index contributed by atoms with van der Waals surface area (Å²) in [6, 6.07) is 4.86. The molecule has 0 aliphatic heterocycles. The van der Waals surface area contributed by atoms with Crippen molar-refractivity contribution in [2.75, 3.05) is 5.32 Å². The molecule has 2 amide bonds. The van der Waals surface area contributed by atoms with Crippen molar-refractivity contribution in [1.82, 2.24) is 5.32 Å². The zero-order valence-corrected chi connectivity index (χ0v) is 14.2. The van der Waals surface area contributed by atoms with Crippen LogP contribution in [0.5, 0.6) is 0 Å². The Morgan fingerprint density at radius 2 is 1.88 bits per heavy atom. The number of carbonyl (C=O) groups is 3. The van der Waals surface area contributed by atoms with E-state index < -0.39 is 23.2 Å². The number of carboxylic acids is 1. The van der Waals surface area contributed by atoms with Crippen LogP contribution in [0.3, 0.4) is 0 Å². The standard InChI is InChI=1S/C17H19ClN2O4/c1-17(2)12(13(17)16(23)24)15(22)20-9-5-6-11(18)10(7-9)14(21)19-8-3-4-8/h5-8,12-13H,3-4H2,1-2H3,(H,19,21)(H,20,22)(H,23,24)/t12-,13-/m1/s1. The minimum atomic E-state index is -0.972. The van der Waals surface area contributed by atoms with Gasteiger partial charge in [-0.2, -0.15) is 0 Å². The molecule has 2 saturated carbocycles. The van der Waals surface area contributed by atoms with E-state index in [0.717, 1.165) is 12.8 Å². The van der Waals surface area contributed by atoms with Crippen LogP contribution in [0, 0.1) is 17.3 Å². The normalized spacial score (nSPS) is 24.1. The highest BCUT2D eigenvalue weighted by molar-refractivity contribution is 6.34. The number of rotatable bonds is 5. The van der Waals surface area contributed by atoms with E-state index in [4.69, 9.17) is 16.7 Å². The molecule has 2 aliphatic carbocycles.